The number of allylic oxidation sites excluding steroid dienone is 6. The molecule has 4 aromatic rings. The molecule has 208 valence electrons. The van der Waals surface area contributed by atoms with Crippen molar-refractivity contribution in [2.24, 2.45) is 0 Å². The fourth-order valence-corrected chi connectivity index (χ4v) is 4.24. The van der Waals surface area contributed by atoms with Crippen LogP contribution in [0.3, 0.4) is 0 Å². The predicted octanol–water partition coefficient (Wildman–Crippen LogP) is 10.5. The van der Waals surface area contributed by atoms with Crippen molar-refractivity contribution in [1.82, 2.24) is 14.8 Å². The van der Waals surface area contributed by atoms with E-state index in [2.05, 4.69) is 146 Å². The Morgan fingerprint density at radius 1 is 0.650 bits per heavy atom. The third kappa shape index (κ3) is 7.89. The first kappa shape index (κ1) is 32.0. The van der Waals surface area contributed by atoms with Crippen molar-refractivity contribution in [2.75, 3.05) is 0 Å². The third-order valence-electron chi connectivity index (χ3n) is 6.18. The normalized spacial score (nSPS) is 12.2. The molecule has 0 amide bonds. The summed E-state index contributed by atoms with van der Waals surface area (Å²) >= 11 is 0. The predicted molar refractivity (Wildman–Crippen MR) is 176 cm³/mol. The summed E-state index contributed by atoms with van der Waals surface area (Å²) in [6.45, 7) is 20.7. The van der Waals surface area contributed by atoms with Crippen LogP contribution in [0.4, 0.5) is 0 Å². The van der Waals surface area contributed by atoms with Crippen molar-refractivity contribution >= 4 is 11.1 Å². The van der Waals surface area contributed by atoms with E-state index in [-0.39, 0.29) is 5.41 Å². The van der Waals surface area contributed by atoms with Crippen LogP contribution in [0.15, 0.2) is 122 Å². The van der Waals surface area contributed by atoms with Gasteiger partial charge < -0.3 is 0 Å². The van der Waals surface area contributed by atoms with Crippen LogP contribution < -0.4 is 0 Å². The van der Waals surface area contributed by atoms with Crippen LogP contribution in [0.5, 0.6) is 0 Å². The summed E-state index contributed by atoms with van der Waals surface area (Å²) in [6, 6.07) is 29.5. The van der Waals surface area contributed by atoms with Crippen LogP contribution in [0.2, 0.25) is 0 Å². The lowest BCUT2D eigenvalue weighted by molar-refractivity contribution is 0.590. The Hall–Kier alpha value is -4.24. The largest absolute Gasteiger partial charge is 0.275 e. The zero-order chi connectivity index (χ0) is 29.5. The number of para-hydroxylation sites is 1. The molecule has 1 aliphatic carbocycles. The SMILES string of the molecule is C=C.CC.CC.CC(C)(C)c1ccc(-c2nnc(C3=CC=C(c4ccccc4)C=CC3)n2-c2ccccc2)cc1. The van der Waals surface area contributed by atoms with Crippen molar-refractivity contribution < 1.29 is 0 Å². The van der Waals surface area contributed by atoms with E-state index in [0.29, 0.717) is 0 Å². The molecule has 1 heterocycles. The summed E-state index contributed by atoms with van der Waals surface area (Å²) in [5.41, 5.74) is 7.06. The molecule has 0 saturated heterocycles. The van der Waals surface area contributed by atoms with Gasteiger partial charge in [0, 0.05) is 16.8 Å². The minimum absolute atomic E-state index is 0.108. The van der Waals surface area contributed by atoms with E-state index in [0.717, 1.165) is 34.9 Å². The van der Waals surface area contributed by atoms with E-state index < -0.39 is 0 Å². The summed E-state index contributed by atoms with van der Waals surface area (Å²) in [5, 5.41) is 9.35. The highest BCUT2D eigenvalue weighted by Crippen LogP contribution is 2.31. The molecule has 0 aliphatic heterocycles. The van der Waals surface area contributed by atoms with E-state index in [1.165, 1.54) is 16.7 Å². The molecule has 1 aromatic heterocycles. The molecule has 0 unspecified atom stereocenters. The molecule has 0 saturated carbocycles. The molecule has 3 heteroatoms. The average molecular weight is 532 g/mol. The maximum atomic E-state index is 4.68. The Labute approximate surface area is 242 Å². The first-order valence-electron chi connectivity index (χ1n) is 14.3. The second-order valence-electron chi connectivity index (χ2n) is 9.63. The number of rotatable bonds is 4. The Morgan fingerprint density at radius 2 is 1.20 bits per heavy atom. The highest BCUT2D eigenvalue weighted by Gasteiger charge is 2.20. The molecule has 0 N–H and O–H groups in total. The maximum absolute atomic E-state index is 4.68. The highest BCUT2D eigenvalue weighted by molar-refractivity contribution is 5.80. The summed E-state index contributed by atoms with van der Waals surface area (Å²) in [5.74, 6) is 1.72. The smallest absolute Gasteiger partial charge is 0.168 e. The molecular weight excluding hydrogens is 486 g/mol. The lowest BCUT2D eigenvalue weighted by Gasteiger charge is -2.19. The van der Waals surface area contributed by atoms with Crippen LogP contribution in [0.1, 0.15) is 71.8 Å². The van der Waals surface area contributed by atoms with Crippen LogP contribution >= 0.6 is 0 Å². The second kappa shape index (κ2) is 16.0. The monoisotopic (exact) mass is 531 g/mol. The Bertz CT molecular complexity index is 1380. The molecule has 1 aliphatic rings. The second-order valence-corrected chi connectivity index (χ2v) is 9.63. The van der Waals surface area contributed by atoms with Gasteiger partial charge in [0.1, 0.15) is 0 Å². The maximum Gasteiger partial charge on any atom is 0.168 e. The minimum Gasteiger partial charge on any atom is -0.275 e. The number of aromatic nitrogens is 3. The lowest BCUT2D eigenvalue weighted by atomic mass is 9.86. The van der Waals surface area contributed by atoms with E-state index in [1.807, 2.05) is 39.8 Å². The molecule has 0 bridgehead atoms. The van der Waals surface area contributed by atoms with Gasteiger partial charge in [-0.05, 0) is 40.7 Å². The standard InChI is InChI=1S/C31H29N3.2C2H6.C2H4/c1-31(2,3)27-21-19-26(20-22-27)30-33-32-29(34(30)28-15-8-5-9-16-28)25-14-10-13-24(17-18-25)23-11-6-4-7-12-23;3*1-2/h4-13,15-22H,14H2,1-3H3;2*1-2H3;1-2H2. The van der Waals surface area contributed by atoms with Crippen LogP contribution in [-0.4, -0.2) is 14.8 Å². The van der Waals surface area contributed by atoms with E-state index in [4.69, 9.17) is 0 Å². The van der Waals surface area contributed by atoms with Crippen LogP contribution in [-0.2, 0) is 5.41 Å². The summed E-state index contributed by atoms with van der Waals surface area (Å²) in [6.07, 6.45) is 9.54. The molecule has 0 radical (unpaired) electrons. The fourth-order valence-electron chi connectivity index (χ4n) is 4.24. The number of nitrogens with zero attached hydrogens (tertiary/aromatic N) is 3. The van der Waals surface area contributed by atoms with E-state index in [9.17, 15) is 0 Å². The van der Waals surface area contributed by atoms with Crippen molar-refractivity contribution in [1.29, 1.82) is 0 Å². The van der Waals surface area contributed by atoms with Gasteiger partial charge in [-0.25, -0.2) is 0 Å². The Balaban J connectivity index is 0.000000876. The van der Waals surface area contributed by atoms with Crippen LogP contribution in [0.25, 0.3) is 28.2 Å². The Kier molecular flexibility index (Phi) is 12.8. The molecular formula is C37H45N3. The van der Waals surface area contributed by atoms with E-state index >= 15 is 0 Å². The first-order valence-corrected chi connectivity index (χ1v) is 14.3. The lowest BCUT2D eigenvalue weighted by Crippen LogP contribution is -2.10. The van der Waals surface area contributed by atoms with Gasteiger partial charge in [-0.2, -0.15) is 0 Å². The minimum atomic E-state index is 0.108. The third-order valence-corrected chi connectivity index (χ3v) is 6.18. The van der Waals surface area contributed by atoms with E-state index in [1.54, 1.807) is 0 Å². The van der Waals surface area contributed by atoms with Gasteiger partial charge in [-0.1, -0.05) is 146 Å². The van der Waals surface area contributed by atoms with Crippen molar-refractivity contribution in [2.45, 2.75) is 60.3 Å². The molecule has 0 atom stereocenters. The molecule has 0 fully saturated rings. The zero-order valence-electron chi connectivity index (χ0n) is 25.4. The van der Waals surface area contributed by atoms with Gasteiger partial charge >= 0.3 is 0 Å². The van der Waals surface area contributed by atoms with Crippen LogP contribution in [0, 0.1) is 0 Å². The number of hydrogen-bond acceptors (Lipinski definition) is 2. The fraction of sp³-hybridized carbons (Fsp3) is 0.243. The van der Waals surface area contributed by atoms with Gasteiger partial charge in [0.25, 0.3) is 0 Å². The molecule has 0 spiro atoms. The quantitative estimate of drug-likeness (QED) is 0.245. The van der Waals surface area contributed by atoms with Gasteiger partial charge in [-0.3, -0.25) is 4.57 Å². The van der Waals surface area contributed by atoms with Gasteiger partial charge in [-0.15, -0.1) is 23.4 Å². The topological polar surface area (TPSA) is 30.7 Å². The molecule has 3 aromatic carbocycles. The van der Waals surface area contributed by atoms with Gasteiger partial charge in [0.15, 0.2) is 11.6 Å². The summed E-state index contributed by atoms with van der Waals surface area (Å²) in [7, 11) is 0. The summed E-state index contributed by atoms with van der Waals surface area (Å²) in [4.78, 5) is 0. The highest BCUT2D eigenvalue weighted by atomic mass is 15.3. The molecule has 40 heavy (non-hydrogen) atoms. The zero-order valence-corrected chi connectivity index (χ0v) is 25.4. The first-order chi connectivity index (χ1) is 19.5. The molecule has 3 nitrogen and oxygen atoms in total. The Morgan fingerprint density at radius 3 is 1.77 bits per heavy atom. The van der Waals surface area contributed by atoms with Gasteiger partial charge in [0.05, 0.1) is 0 Å². The number of hydrogen-bond donors (Lipinski definition) is 0. The molecule has 5 rings (SSSR count). The van der Waals surface area contributed by atoms with Gasteiger partial charge in [0.2, 0.25) is 0 Å². The van der Waals surface area contributed by atoms with Crippen molar-refractivity contribution in [3.05, 3.63) is 139 Å². The average Bonchev–Trinajstić information content (AvgIpc) is 3.31. The number of benzene rings is 3. The van der Waals surface area contributed by atoms with Crippen molar-refractivity contribution in [3.63, 3.8) is 0 Å². The van der Waals surface area contributed by atoms with Crippen molar-refractivity contribution in [3.8, 4) is 17.1 Å². The summed E-state index contributed by atoms with van der Waals surface area (Å²) < 4.78 is 2.17.